The number of nitrogens with zero attached hydrogens (tertiary/aromatic N) is 5. The van der Waals surface area contributed by atoms with E-state index in [-0.39, 0.29) is 45.4 Å². The number of carbonyl (C=O) groups is 2. The van der Waals surface area contributed by atoms with Crippen LogP contribution in [0.3, 0.4) is 0 Å². The SMILES string of the molecule is CCOc1ccccc1C1(C(=O)NN2CCN(c3ncccc3C)CC2)C(=O)N(S(=O)(=O)c2ccc(OC)cc2OC)c2ccc(C#N)cc21. The minimum atomic E-state index is -4.73. The van der Waals surface area contributed by atoms with E-state index in [9.17, 15) is 18.5 Å². The molecule has 1 aromatic heterocycles. The van der Waals surface area contributed by atoms with Crippen LogP contribution < -0.4 is 28.8 Å². The number of hydrazine groups is 1. The lowest BCUT2D eigenvalue weighted by Gasteiger charge is -2.38. The summed E-state index contributed by atoms with van der Waals surface area (Å²) in [4.78, 5) is 36.5. The molecule has 0 aliphatic carbocycles. The Hall–Kier alpha value is -5.65. The van der Waals surface area contributed by atoms with Crippen LogP contribution in [0.25, 0.3) is 0 Å². The van der Waals surface area contributed by atoms with E-state index in [0.717, 1.165) is 11.4 Å². The number of amides is 2. The number of piperazine rings is 1. The Bertz CT molecular complexity index is 2110. The summed E-state index contributed by atoms with van der Waals surface area (Å²) in [7, 11) is -2.00. The summed E-state index contributed by atoms with van der Waals surface area (Å²) >= 11 is 0. The molecule has 2 aliphatic heterocycles. The molecule has 1 N–H and O–H groups in total. The highest BCUT2D eigenvalue weighted by Crippen LogP contribution is 2.51. The number of hydrogen-bond acceptors (Lipinski definition) is 11. The molecule has 50 heavy (non-hydrogen) atoms. The number of anilines is 2. The normalized spacial score (nSPS) is 17.5. The van der Waals surface area contributed by atoms with E-state index in [1.807, 2.05) is 19.1 Å². The second-order valence-corrected chi connectivity index (χ2v) is 13.4. The first-order valence-corrected chi connectivity index (χ1v) is 17.4. The van der Waals surface area contributed by atoms with Crippen molar-refractivity contribution in [3.63, 3.8) is 0 Å². The Morgan fingerprint density at radius 3 is 2.40 bits per heavy atom. The van der Waals surface area contributed by atoms with Gasteiger partial charge in [0.05, 0.1) is 38.1 Å². The summed E-state index contributed by atoms with van der Waals surface area (Å²) in [5.41, 5.74) is 1.87. The highest BCUT2D eigenvalue weighted by atomic mass is 32.2. The van der Waals surface area contributed by atoms with Crippen molar-refractivity contribution in [2.75, 3.05) is 56.2 Å². The van der Waals surface area contributed by atoms with Gasteiger partial charge in [0.15, 0.2) is 5.41 Å². The number of aromatic nitrogens is 1. The smallest absolute Gasteiger partial charge is 0.274 e. The second kappa shape index (κ2) is 13.7. The van der Waals surface area contributed by atoms with Gasteiger partial charge in [-0.25, -0.2) is 22.7 Å². The summed E-state index contributed by atoms with van der Waals surface area (Å²) in [6.07, 6.45) is 1.73. The van der Waals surface area contributed by atoms with Gasteiger partial charge < -0.3 is 19.1 Å². The van der Waals surface area contributed by atoms with Crippen LogP contribution in [0.15, 0.2) is 83.9 Å². The van der Waals surface area contributed by atoms with Crippen LogP contribution in [-0.2, 0) is 25.0 Å². The molecule has 13 nitrogen and oxygen atoms in total. The predicted octanol–water partition coefficient (Wildman–Crippen LogP) is 3.55. The highest BCUT2D eigenvalue weighted by Gasteiger charge is 2.62. The lowest BCUT2D eigenvalue weighted by atomic mass is 9.73. The Kier molecular flexibility index (Phi) is 9.37. The molecule has 0 bridgehead atoms. The van der Waals surface area contributed by atoms with E-state index in [2.05, 4.69) is 21.4 Å². The molecule has 3 heterocycles. The van der Waals surface area contributed by atoms with Crippen molar-refractivity contribution in [1.82, 2.24) is 15.4 Å². The number of methoxy groups -OCH3 is 2. The van der Waals surface area contributed by atoms with Gasteiger partial charge in [-0.15, -0.1) is 0 Å². The molecule has 2 amide bonds. The van der Waals surface area contributed by atoms with Crippen molar-refractivity contribution in [2.45, 2.75) is 24.2 Å². The van der Waals surface area contributed by atoms with E-state index in [4.69, 9.17) is 14.2 Å². The lowest BCUT2D eigenvalue weighted by Crippen LogP contribution is -2.60. The molecule has 3 aromatic carbocycles. The first-order valence-electron chi connectivity index (χ1n) is 15.9. The minimum Gasteiger partial charge on any atom is -0.497 e. The molecule has 1 atom stereocenters. The van der Waals surface area contributed by atoms with Gasteiger partial charge in [-0.2, -0.15) is 5.26 Å². The van der Waals surface area contributed by atoms with Crippen LogP contribution in [0.4, 0.5) is 11.5 Å². The van der Waals surface area contributed by atoms with Crippen LogP contribution in [0.2, 0.25) is 0 Å². The number of nitriles is 1. The Balaban J connectivity index is 1.49. The molecule has 14 heteroatoms. The maximum Gasteiger partial charge on any atom is 0.274 e. The summed E-state index contributed by atoms with van der Waals surface area (Å²) in [6, 6.07) is 20.7. The number of para-hydroxylation sites is 1. The van der Waals surface area contributed by atoms with Crippen molar-refractivity contribution in [3.8, 4) is 23.3 Å². The lowest BCUT2D eigenvalue weighted by molar-refractivity contribution is -0.136. The van der Waals surface area contributed by atoms with Gasteiger partial charge in [-0.1, -0.05) is 24.3 Å². The number of rotatable bonds is 10. The quantitative estimate of drug-likeness (QED) is 0.242. The van der Waals surface area contributed by atoms with Gasteiger partial charge in [0.1, 0.15) is 28.0 Å². The maximum atomic E-state index is 15.2. The summed E-state index contributed by atoms with van der Waals surface area (Å²) in [5.74, 6) is -0.529. The zero-order chi connectivity index (χ0) is 35.6. The summed E-state index contributed by atoms with van der Waals surface area (Å²) in [5, 5.41) is 11.6. The van der Waals surface area contributed by atoms with Crippen LogP contribution in [0, 0.1) is 18.3 Å². The molecule has 1 fully saturated rings. The third-order valence-electron chi connectivity index (χ3n) is 8.89. The number of hydrogen-bond donors (Lipinski definition) is 1. The van der Waals surface area contributed by atoms with Crippen LogP contribution in [-0.4, -0.2) is 77.2 Å². The fraction of sp³-hybridized carbons (Fsp3) is 0.278. The van der Waals surface area contributed by atoms with Crippen LogP contribution >= 0.6 is 0 Å². The fourth-order valence-electron chi connectivity index (χ4n) is 6.51. The minimum absolute atomic E-state index is 0.0185. The molecule has 258 valence electrons. The highest BCUT2D eigenvalue weighted by molar-refractivity contribution is 7.93. The maximum absolute atomic E-state index is 15.2. The molecular weight excluding hydrogens is 660 g/mol. The number of aryl methyl sites for hydroxylation is 1. The number of benzene rings is 3. The van der Waals surface area contributed by atoms with Crippen molar-refractivity contribution in [1.29, 1.82) is 5.26 Å². The molecule has 0 spiro atoms. The fourth-order valence-corrected chi connectivity index (χ4v) is 8.12. The predicted molar refractivity (Wildman–Crippen MR) is 185 cm³/mol. The topological polar surface area (TPSA) is 154 Å². The van der Waals surface area contributed by atoms with E-state index in [1.165, 1.54) is 50.6 Å². The molecule has 1 saturated heterocycles. The zero-order valence-electron chi connectivity index (χ0n) is 28.0. The molecule has 2 aliphatic rings. The van der Waals surface area contributed by atoms with Gasteiger partial charge >= 0.3 is 0 Å². The summed E-state index contributed by atoms with van der Waals surface area (Å²) in [6.45, 7) is 5.77. The molecule has 0 saturated carbocycles. The Morgan fingerprint density at radius 2 is 1.72 bits per heavy atom. The van der Waals surface area contributed by atoms with Crippen molar-refractivity contribution >= 4 is 33.3 Å². The number of fused-ring (bicyclic) bond motifs is 1. The average molecular weight is 697 g/mol. The van der Waals surface area contributed by atoms with Gasteiger partial charge in [0, 0.05) is 49.6 Å². The van der Waals surface area contributed by atoms with Crippen LogP contribution in [0.5, 0.6) is 17.2 Å². The largest absolute Gasteiger partial charge is 0.497 e. The van der Waals surface area contributed by atoms with E-state index < -0.39 is 27.3 Å². The van der Waals surface area contributed by atoms with Gasteiger partial charge in [0.25, 0.3) is 21.8 Å². The van der Waals surface area contributed by atoms with Gasteiger partial charge in [-0.3, -0.25) is 15.0 Å². The Morgan fingerprint density at radius 1 is 0.960 bits per heavy atom. The van der Waals surface area contributed by atoms with Crippen molar-refractivity contribution in [2.24, 2.45) is 0 Å². The van der Waals surface area contributed by atoms with Crippen molar-refractivity contribution in [3.05, 3.63) is 101 Å². The number of carbonyl (C=O) groups excluding carboxylic acids is 2. The molecule has 1 unspecified atom stereocenters. The monoisotopic (exact) mass is 696 g/mol. The molecule has 6 rings (SSSR count). The molecule has 0 radical (unpaired) electrons. The van der Waals surface area contributed by atoms with E-state index in [1.54, 1.807) is 42.4 Å². The van der Waals surface area contributed by atoms with Gasteiger partial charge in [0.2, 0.25) is 0 Å². The zero-order valence-corrected chi connectivity index (χ0v) is 28.9. The molecule has 4 aromatic rings. The standard InChI is InChI=1S/C36H36N6O7S/c1-5-49-30-11-7-6-10-27(30)36(34(43)39-41-19-17-40(18-20-41)33-24(2)9-8-16-38-33)28-21-25(23-37)12-14-29(28)42(35(36)44)50(45,46)32-15-13-26(47-3)22-31(32)48-4/h6-16,21-22H,5,17-20H2,1-4H3,(H,39,43). The second-order valence-electron chi connectivity index (χ2n) is 11.7. The van der Waals surface area contributed by atoms with Crippen molar-refractivity contribution < 1.29 is 32.2 Å². The van der Waals surface area contributed by atoms with E-state index >= 15 is 4.79 Å². The van der Waals surface area contributed by atoms with Gasteiger partial charge in [-0.05, 0) is 61.9 Å². The number of sulfonamides is 1. The number of ether oxygens (including phenoxy) is 3. The van der Waals surface area contributed by atoms with Crippen LogP contribution in [0.1, 0.15) is 29.2 Å². The third kappa shape index (κ3) is 5.64. The number of nitrogens with one attached hydrogen (secondary N) is 1. The first-order chi connectivity index (χ1) is 24.1. The first kappa shape index (κ1) is 34.2. The molecular formula is C36H36N6O7S. The average Bonchev–Trinajstić information content (AvgIpc) is 3.40. The number of pyridine rings is 1. The third-order valence-corrected chi connectivity index (χ3v) is 10.6. The van der Waals surface area contributed by atoms with E-state index in [0.29, 0.717) is 36.2 Å². The summed E-state index contributed by atoms with van der Waals surface area (Å²) < 4.78 is 46.5. The Labute approximate surface area is 290 Å².